The number of nitrogens with zero attached hydrogens (tertiary/aromatic N) is 3. The van der Waals surface area contributed by atoms with Gasteiger partial charge in [0.15, 0.2) is 0 Å². The lowest BCUT2D eigenvalue weighted by atomic mass is 10.00. The molecule has 0 radical (unpaired) electrons. The monoisotopic (exact) mass is 283 g/mol. The van der Waals surface area contributed by atoms with Crippen LogP contribution in [0.3, 0.4) is 0 Å². The van der Waals surface area contributed by atoms with Gasteiger partial charge in [-0.05, 0) is 31.4 Å². The molecule has 0 saturated carbocycles. The van der Waals surface area contributed by atoms with Gasteiger partial charge in [-0.3, -0.25) is 4.90 Å². The van der Waals surface area contributed by atoms with Gasteiger partial charge in [0.1, 0.15) is 5.82 Å². The molecule has 0 N–H and O–H groups in total. The normalized spacial score (nSPS) is 19.8. The van der Waals surface area contributed by atoms with Gasteiger partial charge in [-0.25, -0.2) is 4.98 Å². The van der Waals surface area contributed by atoms with Crippen LogP contribution in [0.5, 0.6) is 0 Å². The minimum Gasteiger partial charge on any atom is -0.329 e. The van der Waals surface area contributed by atoms with Gasteiger partial charge < -0.3 is 4.57 Å². The highest BCUT2D eigenvalue weighted by molar-refractivity contribution is 5.15. The van der Waals surface area contributed by atoms with Crippen molar-refractivity contribution in [3.8, 4) is 0 Å². The number of piperidine rings is 1. The molecule has 1 fully saturated rings. The van der Waals surface area contributed by atoms with E-state index in [1.54, 1.807) is 0 Å². The van der Waals surface area contributed by atoms with Crippen LogP contribution in [0.4, 0.5) is 0 Å². The van der Waals surface area contributed by atoms with Crippen LogP contribution in [0.2, 0.25) is 0 Å². The van der Waals surface area contributed by atoms with Gasteiger partial charge in [-0.2, -0.15) is 0 Å². The Morgan fingerprint density at radius 2 is 2.00 bits per heavy atom. The zero-order valence-electron chi connectivity index (χ0n) is 12.9. The summed E-state index contributed by atoms with van der Waals surface area (Å²) in [6.07, 6.45) is 9.34. The van der Waals surface area contributed by atoms with Crippen LogP contribution in [0, 0.1) is 0 Å². The zero-order chi connectivity index (χ0) is 14.5. The van der Waals surface area contributed by atoms with E-state index >= 15 is 0 Å². The van der Waals surface area contributed by atoms with Crippen molar-refractivity contribution in [2.45, 2.75) is 51.7 Å². The summed E-state index contributed by atoms with van der Waals surface area (Å²) in [5, 5.41) is 0. The molecule has 1 aromatic carbocycles. The predicted octanol–water partition coefficient (Wildman–Crippen LogP) is 3.70. The molecule has 1 aromatic heterocycles. The molecule has 2 aromatic rings. The molecule has 3 heteroatoms. The molecule has 0 bridgehead atoms. The Labute approximate surface area is 127 Å². The Morgan fingerprint density at radius 3 is 2.81 bits per heavy atom. The second-order valence-corrected chi connectivity index (χ2v) is 5.99. The summed E-state index contributed by atoms with van der Waals surface area (Å²) in [4.78, 5) is 7.21. The summed E-state index contributed by atoms with van der Waals surface area (Å²) >= 11 is 0. The molecule has 1 aliphatic heterocycles. The van der Waals surface area contributed by atoms with Crippen LogP contribution in [-0.4, -0.2) is 27.0 Å². The molecule has 3 rings (SSSR count). The second-order valence-electron chi connectivity index (χ2n) is 5.99. The number of hydrogen-bond donors (Lipinski definition) is 0. The van der Waals surface area contributed by atoms with E-state index in [0.29, 0.717) is 0 Å². The third kappa shape index (κ3) is 3.53. The highest BCUT2D eigenvalue weighted by Crippen LogP contribution is 2.21. The number of rotatable bonds is 5. The summed E-state index contributed by atoms with van der Waals surface area (Å²) < 4.78 is 2.29. The maximum Gasteiger partial charge on any atom is 0.123 e. The van der Waals surface area contributed by atoms with Crippen molar-refractivity contribution in [2.24, 2.45) is 0 Å². The third-order valence-corrected chi connectivity index (χ3v) is 4.56. The molecule has 1 atom stereocenters. The SMILES string of the molecule is CCC1CCCCN1Cc1nccn1Cc1ccccc1. The van der Waals surface area contributed by atoms with Gasteiger partial charge in [-0.15, -0.1) is 0 Å². The summed E-state index contributed by atoms with van der Waals surface area (Å²) in [5.41, 5.74) is 1.34. The molecule has 3 nitrogen and oxygen atoms in total. The first-order chi connectivity index (χ1) is 10.4. The van der Waals surface area contributed by atoms with Gasteiger partial charge in [0.05, 0.1) is 6.54 Å². The van der Waals surface area contributed by atoms with Crippen LogP contribution in [0.1, 0.15) is 44.0 Å². The van der Waals surface area contributed by atoms with E-state index in [-0.39, 0.29) is 0 Å². The smallest absolute Gasteiger partial charge is 0.123 e. The molecule has 112 valence electrons. The number of likely N-dealkylation sites (tertiary alicyclic amines) is 1. The second kappa shape index (κ2) is 6.90. The highest BCUT2D eigenvalue weighted by Gasteiger charge is 2.22. The van der Waals surface area contributed by atoms with Gasteiger partial charge >= 0.3 is 0 Å². The van der Waals surface area contributed by atoms with Crippen LogP contribution >= 0.6 is 0 Å². The quantitative estimate of drug-likeness (QED) is 0.834. The number of hydrogen-bond acceptors (Lipinski definition) is 2. The molecule has 21 heavy (non-hydrogen) atoms. The summed E-state index contributed by atoms with van der Waals surface area (Å²) in [6, 6.07) is 11.4. The van der Waals surface area contributed by atoms with Crippen molar-refractivity contribution in [2.75, 3.05) is 6.54 Å². The van der Waals surface area contributed by atoms with E-state index in [0.717, 1.165) is 19.1 Å². The van der Waals surface area contributed by atoms with E-state index in [2.05, 4.69) is 57.9 Å². The van der Waals surface area contributed by atoms with Gasteiger partial charge in [0, 0.05) is 25.0 Å². The van der Waals surface area contributed by atoms with Crippen molar-refractivity contribution >= 4 is 0 Å². The van der Waals surface area contributed by atoms with Gasteiger partial charge in [-0.1, -0.05) is 43.7 Å². The van der Waals surface area contributed by atoms with Crippen LogP contribution in [0.25, 0.3) is 0 Å². The lowest BCUT2D eigenvalue weighted by molar-refractivity contribution is 0.131. The highest BCUT2D eigenvalue weighted by atomic mass is 15.2. The topological polar surface area (TPSA) is 21.1 Å². The zero-order valence-corrected chi connectivity index (χ0v) is 12.9. The van der Waals surface area contributed by atoms with Crippen LogP contribution in [-0.2, 0) is 13.1 Å². The number of benzene rings is 1. The lowest BCUT2D eigenvalue weighted by Gasteiger charge is -2.34. The lowest BCUT2D eigenvalue weighted by Crippen LogP contribution is -2.39. The van der Waals surface area contributed by atoms with E-state index < -0.39 is 0 Å². The minimum atomic E-state index is 0.737. The molecule has 2 heterocycles. The van der Waals surface area contributed by atoms with Crippen molar-refractivity contribution in [3.05, 3.63) is 54.1 Å². The molecule has 0 spiro atoms. The average Bonchev–Trinajstić information content (AvgIpc) is 2.96. The summed E-state index contributed by atoms with van der Waals surface area (Å²) in [7, 11) is 0. The fraction of sp³-hybridized carbons (Fsp3) is 0.500. The number of imidazole rings is 1. The third-order valence-electron chi connectivity index (χ3n) is 4.56. The van der Waals surface area contributed by atoms with E-state index in [1.165, 1.54) is 43.6 Å². The standard InChI is InChI=1S/C18H25N3/c1-2-17-10-6-7-12-20(17)15-18-19-11-13-21(18)14-16-8-4-3-5-9-16/h3-5,8-9,11,13,17H,2,6-7,10,12,14-15H2,1H3. The first-order valence-electron chi connectivity index (χ1n) is 8.15. The van der Waals surface area contributed by atoms with E-state index in [9.17, 15) is 0 Å². The largest absolute Gasteiger partial charge is 0.329 e. The Balaban J connectivity index is 1.70. The molecule has 1 saturated heterocycles. The maximum atomic E-state index is 4.60. The van der Waals surface area contributed by atoms with Crippen molar-refractivity contribution < 1.29 is 0 Å². The van der Waals surface area contributed by atoms with E-state index in [4.69, 9.17) is 0 Å². The summed E-state index contributed by atoms with van der Waals surface area (Å²) in [6.45, 7) is 5.43. The maximum absolute atomic E-state index is 4.60. The van der Waals surface area contributed by atoms with Crippen LogP contribution in [0.15, 0.2) is 42.7 Å². The van der Waals surface area contributed by atoms with Gasteiger partial charge in [0.25, 0.3) is 0 Å². The number of aromatic nitrogens is 2. The van der Waals surface area contributed by atoms with Gasteiger partial charge in [0.2, 0.25) is 0 Å². The average molecular weight is 283 g/mol. The van der Waals surface area contributed by atoms with Crippen molar-refractivity contribution in [3.63, 3.8) is 0 Å². The molecular weight excluding hydrogens is 258 g/mol. The molecule has 1 aliphatic rings. The van der Waals surface area contributed by atoms with Crippen molar-refractivity contribution in [1.29, 1.82) is 0 Å². The summed E-state index contributed by atoms with van der Waals surface area (Å²) in [5.74, 6) is 1.19. The van der Waals surface area contributed by atoms with E-state index in [1.807, 2.05) is 6.20 Å². The molecule has 0 amide bonds. The Kier molecular flexibility index (Phi) is 4.71. The molecule has 0 aliphatic carbocycles. The Bertz CT molecular complexity index is 547. The fourth-order valence-corrected chi connectivity index (χ4v) is 3.33. The molecule has 1 unspecified atom stereocenters. The Hall–Kier alpha value is -1.61. The predicted molar refractivity (Wildman–Crippen MR) is 86.1 cm³/mol. The first kappa shape index (κ1) is 14.3. The van der Waals surface area contributed by atoms with Crippen LogP contribution < -0.4 is 0 Å². The fourth-order valence-electron chi connectivity index (χ4n) is 3.33. The first-order valence-corrected chi connectivity index (χ1v) is 8.15. The molecular formula is C18H25N3. The minimum absolute atomic E-state index is 0.737. The Morgan fingerprint density at radius 1 is 1.14 bits per heavy atom. The van der Waals surface area contributed by atoms with Crippen molar-refractivity contribution in [1.82, 2.24) is 14.5 Å².